The molecule has 3 N–H and O–H groups in total. The van der Waals surface area contributed by atoms with Crippen molar-refractivity contribution in [2.24, 2.45) is 5.41 Å². The van der Waals surface area contributed by atoms with Crippen molar-refractivity contribution in [1.29, 1.82) is 0 Å². The van der Waals surface area contributed by atoms with Crippen LogP contribution in [0, 0.1) is 5.41 Å². The molecule has 0 aromatic heterocycles. The van der Waals surface area contributed by atoms with Crippen LogP contribution in [-0.4, -0.2) is 16.9 Å². The van der Waals surface area contributed by atoms with Gasteiger partial charge in [0.2, 0.25) is 11.8 Å². The van der Waals surface area contributed by atoms with Gasteiger partial charge in [-0.3, -0.25) is 9.59 Å². The van der Waals surface area contributed by atoms with Crippen molar-refractivity contribution in [1.82, 2.24) is 0 Å². The molecule has 6 nitrogen and oxygen atoms in total. The van der Waals surface area contributed by atoms with Crippen molar-refractivity contribution in [2.45, 2.75) is 12.8 Å². The number of para-hydroxylation sites is 1. The number of ether oxygens (including phenoxy) is 1. The van der Waals surface area contributed by atoms with Crippen LogP contribution in [0.15, 0.2) is 78.9 Å². The Balaban J connectivity index is 1.38. The van der Waals surface area contributed by atoms with Gasteiger partial charge in [-0.05, 0) is 73.5 Å². The van der Waals surface area contributed by atoms with E-state index in [-0.39, 0.29) is 17.6 Å². The molecule has 0 heterocycles. The van der Waals surface area contributed by atoms with E-state index in [2.05, 4.69) is 10.6 Å². The smallest absolute Gasteiger partial charge is 0.240 e. The maximum absolute atomic E-state index is 12.7. The first-order chi connectivity index (χ1) is 14.0. The van der Waals surface area contributed by atoms with Crippen LogP contribution in [-0.2, 0) is 9.59 Å². The molecule has 1 fully saturated rings. The van der Waals surface area contributed by atoms with Gasteiger partial charge in [-0.25, -0.2) is 0 Å². The Labute approximate surface area is 168 Å². The van der Waals surface area contributed by atoms with Gasteiger partial charge in [0.25, 0.3) is 0 Å². The summed E-state index contributed by atoms with van der Waals surface area (Å²) < 4.78 is 5.74. The van der Waals surface area contributed by atoms with Crippen LogP contribution in [0.3, 0.4) is 0 Å². The number of anilines is 2. The summed E-state index contributed by atoms with van der Waals surface area (Å²) in [6.07, 6.45) is 0.996. The van der Waals surface area contributed by atoms with E-state index < -0.39 is 5.41 Å². The molecule has 1 saturated carbocycles. The number of amides is 2. The molecule has 0 saturated heterocycles. The fraction of sp³-hybridized carbons (Fsp3) is 0.130. The van der Waals surface area contributed by atoms with E-state index in [1.807, 2.05) is 30.3 Å². The van der Waals surface area contributed by atoms with Gasteiger partial charge in [-0.1, -0.05) is 18.2 Å². The Morgan fingerprint density at radius 1 is 0.724 bits per heavy atom. The predicted octanol–water partition coefficient (Wildman–Crippen LogP) is 4.54. The molecule has 0 spiro atoms. The third-order valence-electron chi connectivity index (χ3n) is 4.84. The van der Waals surface area contributed by atoms with E-state index in [0.717, 1.165) is 5.75 Å². The first-order valence-electron chi connectivity index (χ1n) is 9.30. The average Bonchev–Trinajstić information content (AvgIpc) is 3.54. The van der Waals surface area contributed by atoms with E-state index in [9.17, 15) is 14.7 Å². The number of rotatable bonds is 6. The molecule has 1 aliphatic carbocycles. The van der Waals surface area contributed by atoms with Crippen molar-refractivity contribution in [3.63, 3.8) is 0 Å². The fourth-order valence-electron chi connectivity index (χ4n) is 2.96. The normalized spacial score (nSPS) is 13.9. The topological polar surface area (TPSA) is 87.7 Å². The van der Waals surface area contributed by atoms with Crippen LogP contribution in [0.5, 0.6) is 17.2 Å². The number of phenolic OH excluding ortho intramolecular Hbond substituents is 1. The SMILES string of the molecule is O=C(Nc1ccc(O)cc1)C1(C(=O)Nc2ccc(Oc3ccccc3)cc2)CC1. The highest BCUT2D eigenvalue weighted by Gasteiger charge is 2.56. The van der Waals surface area contributed by atoms with E-state index in [1.165, 1.54) is 12.1 Å². The second kappa shape index (κ2) is 7.67. The van der Waals surface area contributed by atoms with Gasteiger partial charge in [0.15, 0.2) is 0 Å². The van der Waals surface area contributed by atoms with Gasteiger partial charge in [-0.2, -0.15) is 0 Å². The molecule has 4 rings (SSSR count). The molecule has 3 aromatic rings. The lowest BCUT2D eigenvalue weighted by Crippen LogP contribution is -2.35. The number of hydrogen-bond acceptors (Lipinski definition) is 4. The molecule has 0 atom stereocenters. The molecule has 0 bridgehead atoms. The number of hydrogen-bond donors (Lipinski definition) is 3. The Kier molecular flexibility index (Phi) is 4.91. The number of phenols is 1. The summed E-state index contributed by atoms with van der Waals surface area (Å²) in [4.78, 5) is 25.3. The zero-order valence-electron chi connectivity index (χ0n) is 15.6. The average molecular weight is 388 g/mol. The zero-order valence-corrected chi connectivity index (χ0v) is 15.6. The minimum Gasteiger partial charge on any atom is -0.508 e. The van der Waals surface area contributed by atoms with Gasteiger partial charge in [0, 0.05) is 11.4 Å². The molecule has 1 aliphatic rings. The van der Waals surface area contributed by atoms with E-state index in [0.29, 0.717) is 30.0 Å². The third kappa shape index (κ3) is 4.21. The number of carbonyl (C=O) groups is 2. The lowest BCUT2D eigenvalue weighted by atomic mass is 10.0. The van der Waals surface area contributed by atoms with Gasteiger partial charge >= 0.3 is 0 Å². The second-order valence-electron chi connectivity index (χ2n) is 6.98. The summed E-state index contributed by atoms with van der Waals surface area (Å²) in [6, 6.07) is 22.6. The highest BCUT2D eigenvalue weighted by molar-refractivity contribution is 6.16. The van der Waals surface area contributed by atoms with Crippen LogP contribution in [0.25, 0.3) is 0 Å². The van der Waals surface area contributed by atoms with Crippen LogP contribution >= 0.6 is 0 Å². The van der Waals surface area contributed by atoms with Crippen LogP contribution in [0.4, 0.5) is 11.4 Å². The standard InChI is InChI=1S/C23H20N2O4/c26-18-10-6-16(7-11-18)24-21(27)23(14-15-23)22(28)25-17-8-12-20(13-9-17)29-19-4-2-1-3-5-19/h1-13,26H,14-15H2,(H,24,27)(H,25,28). The molecule has 29 heavy (non-hydrogen) atoms. The van der Waals surface area contributed by atoms with Crippen molar-refractivity contribution in [3.8, 4) is 17.2 Å². The number of nitrogens with one attached hydrogen (secondary N) is 2. The summed E-state index contributed by atoms with van der Waals surface area (Å²) in [5, 5.41) is 14.9. The molecule has 6 heteroatoms. The molecule has 2 amide bonds. The van der Waals surface area contributed by atoms with Crippen LogP contribution in [0.2, 0.25) is 0 Å². The molecule has 0 unspecified atom stereocenters. The molecule has 0 aliphatic heterocycles. The first-order valence-corrected chi connectivity index (χ1v) is 9.30. The van der Waals surface area contributed by atoms with Crippen LogP contribution in [0.1, 0.15) is 12.8 Å². The Morgan fingerprint density at radius 3 is 1.72 bits per heavy atom. The lowest BCUT2D eigenvalue weighted by Gasteiger charge is -2.16. The monoisotopic (exact) mass is 388 g/mol. The first kappa shape index (κ1) is 18.6. The van der Waals surface area contributed by atoms with Gasteiger partial charge in [0.1, 0.15) is 22.7 Å². The molecule has 146 valence electrons. The number of aromatic hydroxyl groups is 1. The fourth-order valence-corrected chi connectivity index (χ4v) is 2.96. The predicted molar refractivity (Wildman–Crippen MR) is 110 cm³/mol. The van der Waals surface area contributed by atoms with Crippen molar-refractivity contribution >= 4 is 23.2 Å². The minimum absolute atomic E-state index is 0.113. The lowest BCUT2D eigenvalue weighted by molar-refractivity contribution is -0.131. The highest BCUT2D eigenvalue weighted by atomic mass is 16.5. The highest BCUT2D eigenvalue weighted by Crippen LogP contribution is 2.47. The molecular weight excluding hydrogens is 368 g/mol. The van der Waals surface area contributed by atoms with E-state index in [4.69, 9.17) is 4.74 Å². The van der Waals surface area contributed by atoms with Crippen molar-refractivity contribution in [3.05, 3.63) is 78.9 Å². The third-order valence-corrected chi connectivity index (χ3v) is 4.84. The van der Waals surface area contributed by atoms with Crippen molar-refractivity contribution < 1.29 is 19.4 Å². The summed E-state index contributed by atoms with van der Waals surface area (Å²) in [5.41, 5.74) is 0.0743. The Bertz CT molecular complexity index is 1010. The van der Waals surface area contributed by atoms with Gasteiger partial charge in [0.05, 0.1) is 0 Å². The van der Waals surface area contributed by atoms with Crippen molar-refractivity contribution in [2.75, 3.05) is 10.6 Å². The largest absolute Gasteiger partial charge is 0.508 e. The molecular formula is C23H20N2O4. The van der Waals surface area contributed by atoms with Gasteiger partial charge in [-0.15, -0.1) is 0 Å². The van der Waals surface area contributed by atoms with E-state index in [1.54, 1.807) is 36.4 Å². The maximum atomic E-state index is 12.7. The van der Waals surface area contributed by atoms with Gasteiger partial charge < -0.3 is 20.5 Å². The summed E-state index contributed by atoms with van der Waals surface area (Å²) in [7, 11) is 0. The zero-order chi connectivity index (χ0) is 20.3. The van der Waals surface area contributed by atoms with Crippen LogP contribution < -0.4 is 15.4 Å². The Hall–Kier alpha value is -3.80. The molecule has 0 radical (unpaired) electrons. The summed E-state index contributed by atoms with van der Waals surface area (Å²) >= 11 is 0. The quantitative estimate of drug-likeness (QED) is 0.427. The number of benzene rings is 3. The number of carbonyl (C=O) groups excluding carboxylic acids is 2. The molecule has 3 aromatic carbocycles. The summed E-state index contributed by atoms with van der Waals surface area (Å²) in [6.45, 7) is 0. The minimum atomic E-state index is -1.06. The summed E-state index contributed by atoms with van der Waals surface area (Å²) in [5.74, 6) is 0.823. The Morgan fingerprint density at radius 2 is 1.21 bits per heavy atom. The second-order valence-corrected chi connectivity index (χ2v) is 6.98. The maximum Gasteiger partial charge on any atom is 0.240 e. The van der Waals surface area contributed by atoms with E-state index >= 15 is 0 Å².